The minimum Gasteiger partial charge on any atom is -0.478 e. The molecule has 1 fully saturated rings. The third-order valence-corrected chi connectivity index (χ3v) is 6.08. The summed E-state index contributed by atoms with van der Waals surface area (Å²) in [5, 5.41) is 14.9. The van der Waals surface area contributed by atoms with Crippen LogP contribution in [0.3, 0.4) is 0 Å². The van der Waals surface area contributed by atoms with Gasteiger partial charge < -0.3 is 20.5 Å². The summed E-state index contributed by atoms with van der Waals surface area (Å²) in [4.78, 5) is 40.9. The average Bonchev–Trinajstić information content (AvgIpc) is 3.69. The molecule has 1 aliphatic rings. The Kier molecular flexibility index (Phi) is 6.00. The molecule has 1 saturated carbocycles. The largest absolute Gasteiger partial charge is 0.478 e. The Labute approximate surface area is 208 Å². The highest BCUT2D eigenvalue weighted by Gasteiger charge is 2.56. The maximum Gasteiger partial charge on any atom is 0.338 e. The predicted octanol–water partition coefficient (Wildman–Crippen LogP) is 5.36. The lowest BCUT2D eigenvalue weighted by atomic mass is 10.0. The van der Waals surface area contributed by atoms with E-state index in [0.29, 0.717) is 35.4 Å². The molecule has 0 atom stereocenters. The van der Waals surface area contributed by atoms with Gasteiger partial charge in [0.05, 0.1) is 11.1 Å². The fourth-order valence-corrected chi connectivity index (χ4v) is 3.85. The fraction of sp³-hybridized carbons (Fsp3) is 0.111. The first-order valence-corrected chi connectivity index (χ1v) is 11.2. The first-order valence-electron chi connectivity index (χ1n) is 11.2. The van der Waals surface area contributed by atoms with Crippen LogP contribution in [0.15, 0.2) is 72.9 Å². The monoisotopic (exact) mass is 503 g/mol. The van der Waals surface area contributed by atoms with Gasteiger partial charge in [-0.2, -0.15) is 0 Å². The number of aromatic carboxylic acids is 1. The van der Waals surface area contributed by atoms with E-state index < -0.39 is 40.4 Å². The highest BCUT2D eigenvalue weighted by Crippen LogP contribution is 2.47. The molecule has 37 heavy (non-hydrogen) atoms. The summed E-state index contributed by atoms with van der Waals surface area (Å²) in [6.45, 7) is 0. The van der Waals surface area contributed by atoms with Crippen molar-refractivity contribution < 1.29 is 33.0 Å². The highest BCUT2D eigenvalue weighted by atomic mass is 19.1. The Bertz CT molecular complexity index is 1530. The number of halogens is 2. The number of hydrogen-bond acceptors (Lipinski definition) is 5. The number of fused-ring (bicyclic) bond motifs is 1. The Hall–Kier alpha value is -4.86. The zero-order valence-electron chi connectivity index (χ0n) is 19.1. The number of carbonyl (C=O) groups is 3. The molecular weight excluding hydrogens is 484 g/mol. The van der Waals surface area contributed by atoms with Crippen LogP contribution in [0.25, 0.3) is 10.9 Å². The van der Waals surface area contributed by atoms with Gasteiger partial charge in [-0.3, -0.25) is 14.6 Å². The number of pyridine rings is 1. The Morgan fingerprint density at radius 1 is 0.865 bits per heavy atom. The number of carbonyl (C=O) groups excluding carboxylic acids is 2. The van der Waals surface area contributed by atoms with Crippen molar-refractivity contribution in [3.8, 4) is 11.5 Å². The number of nitrogens with zero attached hydrogens (tertiary/aromatic N) is 1. The van der Waals surface area contributed by atoms with Crippen LogP contribution < -0.4 is 15.4 Å². The van der Waals surface area contributed by atoms with Gasteiger partial charge in [-0.05, 0) is 73.5 Å². The van der Waals surface area contributed by atoms with Gasteiger partial charge >= 0.3 is 5.97 Å². The molecule has 8 nitrogen and oxygen atoms in total. The number of amides is 2. The molecule has 0 aliphatic heterocycles. The maximum atomic E-state index is 14.0. The minimum absolute atomic E-state index is 0.234. The van der Waals surface area contributed by atoms with Gasteiger partial charge in [-0.1, -0.05) is 0 Å². The lowest BCUT2D eigenvalue weighted by Gasteiger charge is -2.16. The Morgan fingerprint density at radius 3 is 2.03 bits per heavy atom. The third-order valence-electron chi connectivity index (χ3n) is 6.08. The van der Waals surface area contributed by atoms with E-state index in [1.807, 2.05) is 0 Å². The van der Waals surface area contributed by atoms with Crippen LogP contribution in [-0.2, 0) is 9.59 Å². The number of rotatable bonds is 7. The molecule has 1 aromatic heterocycles. The van der Waals surface area contributed by atoms with Crippen LogP contribution in [0.5, 0.6) is 11.5 Å². The molecule has 0 saturated heterocycles. The van der Waals surface area contributed by atoms with E-state index >= 15 is 0 Å². The zero-order valence-corrected chi connectivity index (χ0v) is 19.1. The van der Waals surface area contributed by atoms with Crippen molar-refractivity contribution in [1.29, 1.82) is 0 Å². The Balaban J connectivity index is 1.28. The zero-order chi connectivity index (χ0) is 26.2. The van der Waals surface area contributed by atoms with E-state index in [9.17, 15) is 28.3 Å². The first-order chi connectivity index (χ1) is 17.7. The number of aromatic nitrogens is 1. The van der Waals surface area contributed by atoms with Crippen LogP contribution in [0, 0.1) is 17.0 Å². The van der Waals surface area contributed by atoms with E-state index in [1.165, 1.54) is 36.5 Å². The fourth-order valence-electron chi connectivity index (χ4n) is 3.85. The van der Waals surface area contributed by atoms with E-state index in [4.69, 9.17) is 4.74 Å². The van der Waals surface area contributed by atoms with Crippen molar-refractivity contribution in [3.63, 3.8) is 0 Å². The summed E-state index contributed by atoms with van der Waals surface area (Å²) in [6.07, 6.45) is 2.19. The molecule has 1 heterocycles. The minimum atomic E-state index is -1.41. The summed E-state index contributed by atoms with van der Waals surface area (Å²) in [7, 11) is 0. The molecule has 5 rings (SSSR count). The van der Waals surface area contributed by atoms with Crippen molar-refractivity contribution in [2.75, 3.05) is 10.6 Å². The van der Waals surface area contributed by atoms with Crippen LogP contribution in [-0.4, -0.2) is 27.9 Å². The molecule has 3 N–H and O–H groups in total. The molecule has 186 valence electrons. The second-order valence-corrected chi connectivity index (χ2v) is 8.59. The molecule has 3 aromatic carbocycles. The molecule has 0 radical (unpaired) electrons. The number of carboxylic acids is 1. The molecule has 4 aromatic rings. The SMILES string of the molecule is O=C(O)c1cc2c(Oc3ccc(NC(=O)C4(C(=O)Nc5ccc(F)cc5)CC4)cc3)ccnc2cc1F. The highest BCUT2D eigenvalue weighted by molar-refractivity contribution is 6.16. The summed E-state index contributed by atoms with van der Waals surface area (Å²) in [5.41, 5.74) is -0.628. The van der Waals surface area contributed by atoms with Crippen molar-refractivity contribution in [3.05, 3.63) is 90.1 Å². The number of ether oxygens (including phenoxy) is 1. The molecule has 10 heteroatoms. The lowest BCUT2D eigenvalue weighted by Crippen LogP contribution is -2.35. The summed E-state index contributed by atoms with van der Waals surface area (Å²) >= 11 is 0. The van der Waals surface area contributed by atoms with Crippen molar-refractivity contribution >= 4 is 40.1 Å². The topological polar surface area (TPSA) is 118 Å². The van der Waals surface area contributed by atoms with Crippen molar-refractivity contribution in [2.45, 2.75) is 12.8 Å². The van der Waals surface area contributed by atoms with Crippen LogP contribution in [0.4, 0.5) is 20.2 Å². The molecule has 1 aliphatic carbocycles. The van der Waals surface area contributed by atoms with Gasteiger partial charge in [0, 0.05) is 29.0 Å². The number of carboxylic acid groups (broad SMARTS) is 1. The van der Waals surface area contributed by atoms with Gasteiger partial charge in [0.15, 0.2) is 0 Å². The molecule has 2 amide bonds. The predicted molar refractivity (Wildman–Crippen MR) is 131 cm³/mol. The van der Waals surface area contributed by atoms with Gasteiger partial charge in [0.1, 0.15) is 28.5 Å². The van der Waals surface area contributed by atoms with Gasteiger partial charge in [0.2, 0.25) is 11.8 Å². The lowest BCUT2D eigenvalue weighted by molar-refractivity contribution is -0.131. The second kappa shape index (κ2) is 9.30. The van der Waals surface area contributed by atoms with Crippen LogP contribution in [0.1, 0.15) is 23.2 Å². The molecule has 0 bridgehead atoms. The smallest absolute Gasteiger partial charge is 0.338 e. The molecule has 0 unspecified atom stereocenters. The normalized spacial score (nSPS) is 13.6. The summed E-state index contributed by atoms with van der Waals surface area (Å²) in [6, 6.07) is 15.4. The summed E-state index contributed by atoms with van der Waals surface area (Å²) in [5.74, 6) is -3.00. The maximum absolute atomic E-state index is 14.0. The molecule has 0 spiro atoms. The van der Waals surface area contributed by atoms with Crippen LogP contribution in [0.2, 0.25) is 0 Å². The van der Waals surface area contributed by atoms with Crippen molar-refractivity contribution in [1.82, 2.24) is 4.98 Å². The quantitative estimate of drug-likeness (QED) is 0.292. The second-order valence-electron chi connectivity index (χ2n) is 8.59. The van der Waals surface area contributed by atoms with E-state index in [1.54, 1.807) is 24.3 Å². The number of benzene rings is 3. The van der Waals surface area contributed by atoms with E-state index in [2.05, 4.69) is 15.6 Å². The van der Waals surface area contributed by atoms with Gasteiger partial charge in [-0.15, -0.1) is 0 Å². The number of hydrogen-bond donors (Lipinski definition) is 3. The molecular formula is C27H19F2N3O5. The third kappa shape index (κ3) is 4.81. The van der Waals surface area contributed by atoms with Gasteiger partial charge in [-0.25, -0.2) is 13.6 Å². The first kappa shape index (κ1) is 23.9. The van der Waals surface area contributed by atoms with E-state index in [-0.39, 0.29) is 11.3 Å². The van der Waals surface area contributed by atoms with Gasteiger partial charge in [0.25, 0.3) is 0 Å². The van der Waals surface area contributed by atoms with Crippen molar-refractivity contribution in [2.24, 2.45) is 5.41 Å². The summed E-state index contributed by atoms with van der Waals surface area (Å²) < 4.78 is 33.0. The number of anilines is 2. The van der Waals surface area contributed by atoms with Crippen LogP contribution >= 0.6 is 0 Å². The standard InChI is InChI=1S/C27H19F2N3O5/c28-15-1-3-16(4-2-15)31-25(35)27(10-11-27)26(36)32-17-5-7-18(8-6-17)37-23-9-12-30-22-14-21(29)19(24(33)34)13-20(22)23/h1-9,12-14H,10-11H2,(H,31,35)(H,32,36)(H,33,34). The number of nitrogens with one attached hydrogen (secondary N) is 2. The van der Waals surface area contributed by atoms with E-state index in [0.717, 1.165) is 12.1 Å². The average molecular weight is 503 g/mol. The Morgan fingerprint density at radius 2 is 1.46 bits per heavy atom.